The SMILES string of the molecule is CCC(CC(C(CC)N1CCCC1=O)N(C=O)CCCN(C=O)C(CCC(CC)N1CCCC1=O)C(CC)N1CCCC1=O)NC1CCCC1=O. The molecule has 1 N–H and O–H groups in total. The normalized spacial score (nSPS) is 23.1. The zero-order valence-corrected chi connectivity index (χ0v) is 31.9. The van der Waals surface area contributed by atoms with E-state index < -0.39 is 0 Å². The zero-order valence-electron chi connectivity index (χ0n) is 31.9. The van der Waals surface area contributed by atoms with E-state index in [2.05, 4.69) is 33.0 Å². The number of hydrogen-bond donors (Lipinski definition) is 1. The minimum Gasteiger partial charge on any atom is -0.340 e. The predicted octanol–water partition coefficient (Wildman–Crippen LogP) is 3.89. The minimum absolute atomic E-state index is 0.0180. The number of nitrogens with zero attached hydrogens (tertiary/aromatic N) is 5. The molecule has 0 radical (unpaired) electrons. The number of likely N-dealkylation sites (tertiary alicyclic amines) is 3. The second-order valence-electron chi connectivity index (χ2n) is 15.3. The number of amides is 5. The summed E-state index contributed by atoms with van der Waals surface area (Å²) in [5, 5.41) is 3.60. The van der Waals surface area contributed by atoms with E-state index in [-0.39, 0.29) is 65.8 Å². The van der Waals surface area contributed by atoms with Crippen LogP contribution in [0.3, 0.4) is 0 Å². The van der Waals surface area contributed by atoms with E-state index in [1.54, 1.807) is 0 Å². The van der Waals surface area contributed by atoms with Gasteiger partial charge in [-0.2, -0.15) is 0 Å². The van der Waals surface area contributed by atoms with E-state index in [4.69, 9.17) is 0 Å². The first kappa shape index (κ1) is 40.7. The van der Waals surface area contributed by atoms with Crippen LogP contribution in [-0.4, -0.2) is 136 Å². The number of ketones is 1. The summed E-state index contributed by atoms with van der Waals surface area (Å²) in [7, 11) is 0. The molecule has 1 aliphatic carbocycles. The highest BCUT2D eigenvalue weighted by molar-refractivity contribution is 5.86. The van der Waals surface area contributed by atoms with Gasteiger partial charge in [0.1, 0.15) is 5.78 Å². The summed E-state index contributed by atoms with van der Waals surface area (Å²) in [6.07, 6.45) is 14.0. The number of carbonyl (C=O) groups excluding carboxylic acids is 6. The summed E-state index contributed by atoms with van der Waals surface area (Å²) in [6.45, 7) is 11.3. The van der Waals surface area contributed by atoms with Crippen LogP contribution in [0.1, 0.15) is 137 Å². The van der Waals surface area contributed by atoms with Gasteiger partial charge >= 0.3 is 0 Å². The molecule has 3 aliphatic heterocycles. The van der Waals surface area contributed by atoms with Crippen molar-refractivity contribution >= 4 is 36.3 Å². The third-order valence-electron chi connectivity index (χ3n) is 12.3. The lowest BCUT2D eigenvalue weighted by Crippen LogP contribution is -2.55. The van der Waals surface area contributed by atoms with Gasteiger partial charge in [0.25, 0.3) is 0 Å². The van der Waals surface area contributed by atoms with E-state index >= 15 is 0 Å². The largest absolute Gasteiger partial charge is 0.340 e. The molecule has 0 bridgehead atoms. The molecule has 0 aromatic rings. The lowest BCUT2D eigenvalue weighted by atomic mass is 9.93. The van der Waals surface area contributed by atoms with E-state index in [9.17, 15) is 28.8 Å². The molecule has 0 spiro atoms. The van der Waals surface area contributed by atoms with Crippen LogP contribution in [0.4, 0.5) is 0 Å². The molecule has 12 nitrogen and oxygen atoms in total. The Kier molecular flexibility index (Phi) is 16.2. The van der Waals surface area contributed by atoms with Crippen LogP contribution in [0.25, 0.3) is 0 Å². The van der Waals surface area contributed by atoms with Crippen molar-refractivity contribution in [3.63, 3.8) is 0 Å². The van der Waals surface area contributed by atoms with Gasteiger partial charge in [0.2, 0.25) is 30.5 Å². The first-order valence-corrected chi connectivity index (χ1v) is 20.3. The number of rotatable bonds is 24. The van der Waals surface area contributed by atoms with Crippen LogP contribution < -0.4 is 5.32 Å². The number of Topliss-reactive ketones (excluding diaryl/α,β-unsaturated/α-hetero) is 1. The van der Waals surface area contributed by atoms with Crippen molar-refractivity contribution in [3.8, 4) is 0 Å². The van der Waals surface area contributed by atoms with E-state index in [0.717, 1.165) is 77.2 Å². The van der Waals surface area contributed by atoms with E-state index in [1.807, 2.05) is 24.5 Å². The average Bonchev–Trinajstić information content (AvgIpc) is 3.95. The Morgan fingerprint density at radius 1 is 0.667 bits per heavy atom. The second-order valence-corrected chi connectivity index (χ2v) is 15.3. The number of hydrogen-bond acceptors (Lipinski definition) is 7. The molecule has 4 fully saturated rings. The van der Waals surface area contributed by atoms with E-state index in [0.29, 0.717) is 77.5 Å². The smallest absolute Gasteiger partial charge is 0.222 e. The van der Waals surface area contributed by atoms with Crippen molar-refractivity contribution in [1.29, 1.82) is 0 Å². The third kappa shape index (κ3) is 10.3. The molecule has 7 atom stereocenters. The molecule has 7 unspecified atom stereocenters. The molecule has 12 heteroatoms. The topological polar surface area (TPSA) is 131 Å². The van der Waals surface area contributed by atoms with Gasteiger partial charge in [-0.3, -0.25) is 28.8 Å². The lowest BCUT2D eigenvalue weighted by Gasteiger charge is -2.42. The summed E-state index contributed by atoms with van der Waals surface area (Å²) in [5.74, 6) is 0.714. The average molecular weight is 715 g/mol. The maximum atomic E-state index is 13.0. The molecule has 0 aromatic carbocycles. The quantitative estimate of drug-likeness (QED) is 0.150. The Morgan fingerprint density at radius 3 is 1.63 bits per heavy atom. The first-order valence-electron chi connectivity index (χ1n) is 20.3. The van der Waals surface area contributed by atoms with Crippen LogP contribution in [-0.2, 0) is 28.8 Å². The van der Waals surface area contributed by atoms with Crippen molar-refractivity contribution in [2.45, 2.75) is 179 Å². The fourth-order valence-electron chi connectivity index (χ4n) is 9.48. The molecular formula is C39H66N6O6. The Bertz CT molecular complexity index is 1180. The van der Waals surface area contributed by atoms with E-state index in [1.165, 1.54) is 0 Å². The van der Waals surface area contributed by atoms with Crippen molar-refractivity contribution < 1.29 is 28.8 Å². The van der Waals surface area contributed by atoms with Gasteiger partial charge in [-0.1, -0.05) is 27.7 Å². The molecule has 1 saturated carbocycles. The molecule has 4 rings (SSSR count). The molecule has 51 heavy (non-hydrogen) atoms. The van der Waals surface area contributed by atoms with Crippen molar-refractivity contribution in [2.75, 3.05) is 32.7 Å². The van der Waals surface area contributed by atoms with Crippen LogP contribution >= 0.6 is 0 Å². The van der Waals surface area contributed by atoms with Gasteiger partial charge in [-0.15, -0.1) is 0 Å². The third-order valence-corrected chi connectivity index (χ3v) is 12.3. The molecule has 0 aromatic heterocycles. The van der Waals surface area contributed by atoms with Gasteiger partial charge < -0.3 is 29.8 Å². The van der Waals surface area contributed by atoms with Gasteiger partial charge in [-0.25, -0.2) is 0 Å². The zero-order chi connectivity index (χ0) is 36.9. The van der Waals surface area contributed by atoms with Crippen molar-refractivity contribution in [3.05, 3.63) is 0 Å². The van der Waals surface area contributed by atoms with Gasteiger partial charge in [0.05, 0.1) is 30.2 Å². The maximum Gasteiger partial charge on any atom is 0.222 e. The Balaban J connectivity index is 1.51. The molecule has 4 aliphatic rings. The molecule has 3 heterocycles. The minimum atomic E-state index is -0.238. The maximum absolute atomic E-state index is 13.0. The Labute approximate surface area is 306 Å². The van der Waals surface area contributed by atoms with Gasteiger partial charge in [0.15, 0.2) is 0 Å². The predicted molar refractivity (Wildman–Crippen MR) is 197 cm³/mol. The lowest BCUT2D eigenvalue weighted by molar-refractivity contribution is -0.134. The van der Waals surface area contributed by atoms with Crippen molar-refractivity contribution in [1.82, 2.24) is 29.8 Å². The molecule has 3 saturated heterocycles. The highest BCUT2D eigenvalue weighted by Crippen LogP contribution is 2.29. The Morgan fingerprint density at radius 2 is 1.20 bits per heavy atom. The summed E-state index contributed by atoms with van der Waals surface area (Å²) in [6, 6.07) is -0.732. The molecule has 288 valence electrons. The van der Waals surface area contributed by atoms with Crippen LogP contribution in [0.5, 0.6) is 0 Å². The first-order chi connectivity index (χ1) is 24.7. The summed E-state index contributed by atoms with van der Waals surface area (Å²) >= 11 is 0. The standard InChI is InChI=1S/C39H66N6O6/c1-5-29(40-31-14-9-15-36(31)48)26-35(33(8-4)45-25-12-18-39(45)51)42(28-47)22-13-21-41(27-46)34(32(7-3)44-24-11-17-38(44)50)20-19-30(6-2)43-23-10-16-37(43)49/h27-35,40H,5-26H2,1-4H3. The number of nitrogens with one attached hydrogen (secondary N) is 1. The molecular weight excluding hydrogens is 648 g/mol. The highest BCUT2D eigenvalue weighted by atomic mass is 16.2. The van der Waals surface area contributed by atoms with Crippen molar-refractivity contribution in [2.24, 2.45) is 0 Å². The van der Waals surface area contributed by atoms with Crippen LogP contribution in [0, 0.1) is 0 Å². The highest BCUT2D eigenvalue weighted by Gasteiger charge is 2.39. The summed E-state index contributed by atoms with van der Waals surface area (Å²) < 4.78 is 0. The second kappa shape index (κ2) is 20.3. The number of carbonyl (C=O) groups is 6. The monoisotopic (exact) mass is 715 g/mol. The Hall–Kier alpha value is -3.02. The fourth-order valence-corrected chi connectivity index (χ4v) is 9.48. The summed E-state index contributed by atoms with van der Waals surface area (Å²) in [4.78, 5) is 86.6. The molecule has 5 amide bonds. The fraction of sp³-hybridized carbons (Fsp3) is 0.846. The summed E-state index contributed by atoms with van der Waals surface area (Å²) in [5.41, 5.74) is 0. The van der Waals surface area contributed by atoms with Gasteiger partial charge in [-0.05, 0) is 83.5 Å². The van der Waals surface area contributed by atoms with Crippen LogP contribution in [0.2, 0.25) is 0 Å². The van der Waals surface area contributed by atoms with Gasteiger partial charge in [0, 0.05) is 70.5 Å². The van der Waals surface area contributed by atoms with Crippen LogP contribution in [0.15, 0.2) is 0 Å².